The molecule has 0 amide bonds. The van der Waals surface area contributed by atoms with Crippen molar-refractivity contribution in [1.29, 1.82) is 0 Å². The zero-order valence-corrected chi connectivity index (χ0v) is 58.5. The molecule has 5 fully saturated rings. The molecule has 540 valence electrons. The van der Waals surface area contributed by atoms with Crippen LogP contribution in [0.2, 0.25) is 0 Å². The second-order valence-corrected chi connectivity index (χ2v) is 25.1. The molecule has 11 rings (SSSR count). The monoisotopic (exact) mass is 1450 g/mol. The van der Waals surface area contributed by atoms with Crippen LogP contribution in [-0.4, -0.2) is 83.9 Å². The molecule has 4 heterocycles. The molecular weight excluding hydrogens is 1350 g/mol. The number of aliphatic hydroxyl groups excluding tert-OH is 2. The number of aldehydes is 1. The van der Waals surface area contributed by atoms with Crippen LogP contribution in [0.3, 0.4) is 0 Å². The van der Waals surface area contributed by atoms with Gasteiger partial charge in [-0.2, -0.15) is 39.5 Å². The number of aromatic nitrogens is 3. The Kier molecular flexibility index (Phi) is 40.5. The van der Waals surface area contributed by atoms with E-state index in [1.165, 1.54) is 115 Å². The van der Waals surface area contributed by atoms with Gasteiger partial charge in [0, 0.05) is 96.0 Å². The van der Waals surface area contributed by atoms with Gasteiger partial charge in [-0.3, -0.25) is 0 Å². The van der Waals surface area contributed by atoms with E-state index in [-0.39, 0.29) is 75.8 Å². The molecule has 6 aromatic rings. The van der Waals surface area contributed by atoms with Gasteiger partial charge in [-0.05, 0) is 106 Å². The number of carbonyl (C=O) groups excluding carboxylic acids is 1. The number of nitrogens with two attached hydrogens (primary N) is 3. The van der Waals surface area contributed by atoms with Gasteiger partial charge < -0.3 is 47.6 Å². The van der Waals surface area contributed by atoms with Crippen LogP contribution < -0.4 is 27.8 Å². The molecule has 97 heavy (non-hydrogen) atoms. The smallest absolute Gasteiger partial charge is 0.387 e. The summed E-state index contributed by atoms with van der Waals surface area (Å²) in [5.41, 5.74) is 18.8. The number of carbonyl (C=O) groups is 1. The van der Waals surface area contributed by atoms with Crippen LogP contribution in [0.25, 0.3) is 33.8 Å². The molecule has 5 aliphatic rings. The Labute approximate surface area is 589 Å². The molecule has 23 heteroatoms. The predicted molar refractivity (Wildman–Crippen MR) is 360 cm³/mol. The molecular formula is C74H101F9Fe2N8O4. The van der Waals surface area contributed by atoms with Crippen molar-refractivity contribution in [2.24, 2.45) is 29.0 Å². The summed E-state index contributed by atoms with van der Waals surface area (Å²) in [6.07, 6.45) is 13.8. The van der Waals surface area contributed by atoms with Crippen molar-refractivity contribution >= 4 is 6.29 Å². The Balaban J connectivity index is 0.000000328. The van der Waals surface area contributed by atoms with Crippen molar-refractivity contribution < 1.29 is 93.4 Å². The van der Waals surface area contributed by atoms with Crippen molar-refractivity contribution in [3.63, 3.8) is 0 Å². The van der Waals surface area contributed by atoms with E-state index < -0.39 is 47.8 Å². The standard InChI is InChI=1S/C24H31F3N2O.C17H20F3N3O.C15H12F3NO.C6H10O.2C5H10.C2H8N2.2Fe/c1-17-9-11-19(12-10-17)21-14-20(15-23(29-21)24(25,26)27)22(30)16-28-13-5-4-8-18-6-2-3-7-18;1-11-2-4-12(5-3-11)14-8-13(15(24)10-22-7-6-21)9-16(23-14)17(18,19)20;1-9-2-4-10(5-3-9)12-6-11(13-8-20-13)7-14(19-12)15(16,17)18;7-5-6-3-1-2-4-6;2*1-2-4-5-3-1;3-1-2-4;;/h9-12,14-15,18,22,28,30H,2-8,13,16H2,1H3;2-5,8-9,15,22,24H,6-7,10,21H2,1H3;2-7,13H,8H2,1H3;5-6H,1-4H2;2*1-5H2;1-4H2;;. The second kappa shape index (κ2) is 45.6. The predicted octanol–water partition coefficient (Wildman–Crippen LogP) is 17.0. The van der Waals surface area contributed by atoms with Crippen LogP contribution in [0.1, 0.15) is 204 Å². The summed E-state index contributed by atoms with van der Waals surface area (Å²) in [7, 11) is 0. The van der Waals surface area contributed by atoms with Crippen LogP contribution in [0.15, 0.2) is 109 Å². The molecule has 4 aliphatic carbocycles. The molecule has 4 saturated carbocycles. The first-order valence-corrected chi connectivity index (χ1v) is 33.9. The fourth-order valence-corrected chi connectivity index (χ4v) is 11.2. The first-order chi connectivity index (χ1) is 45.4. The summed E-state index contributed by atoms with van der Waals surface area (Å²) in [4.78, 5) is 21.2. The molecule has 0 bridgehead atoms. The van der Waals surface area contributed by atoms with Crippen LogP contribution in [0.4, 0.5) is 39.5 Å². The topological polar surface area (TPSA) is 211 Å². The fourth-order valence-electron chi connectivity index (χ4n) is 11.2. The van der Waals surface area contributed by atoms with Crippen molar-refractivity contribution in [2.45, 2.75) is 192 Å². The third-order valence-corrected chi connectivity index (χ3v) is 16.9. The summed E-state index contributed by atoms with van der Waals surface area (Å²) in [6, 6.07) is 29.0. The normalized spacial score (nSPS) is 16.4. The van der Waals surface area contributed by atoms with Gasteiger partial charge in [0.15, 0.2) is 0 Å². The number of hydrogen-bond donors (Lipinski definition) is 7. The minimum absolute atomic E-state index is 0. The quantitative estimate of drug-likeness (QED) is 0.0133. The van der Waals surface area contributed by atoms with Gasteiger partial charge in [0.05, 0.1) is 35.9 Å². The van der Waals surface area contributed by atoms with Gasteiger partial charge >= 0.3 is 18.5 Å². The molecule has 0 radical (unpaired) electrons. The third-order valence-electron chi connectivity index (χ3n) is 16.9. The van der Waals surface area contributed by atoms with E-state index >= 15 is 0 Å². The Hall–Kier alpha value is -5.13. The van der Waals surface area contributed by atoms with Crippen LogP contribution in [0.5, 0.6) is 0 Å². The van der Waals surface area contributed by atoms with E-state index in [0.717, 1.165) is 79.3 Å². The van der Waals surface area contributed by atoms with E-state index in [9.17, 15) is 54.5 Å². The molecule has 12 nitrogen and oxygen atoms in total. The zero-order valence-electron chi connectivity index (χ0n) is 56.3. The summed E-state index contributed by atoms with van der Waals surface area (Å²) in [6.45, 7) is 9.33. The maximum Gasteiger partial charge on any atom is 0.433 e. The molecule has 3 unspecified atom stereocenters. The maximum atomic E-state index is 13.4. The summed E-state index contributed by atoms with van der Waals surface area (Å²) in [5.74, 6) is 1.29. The number of nitrogens with one attached hydrogen (secondary N) is 2. The van der Waals surface area contributed by atoms with Gasteiger partial charge in [0.1, 0.15) is 29.5 Å². The van der Waals surface area contributed by atoms with Crippen molar-refractivity contribution in [2.75, 3.05) is 52.4 Å². The number of aryl methyl sites for hydroxylation is 3. The molecule has 0 spiro atoms. The van der Waals surface area contributed by atoms with Crippen molar-refractivity contribution in [1.82, 2.24) is 25.6 Å². The molecule has 10 N–H and O–H groups in total. The first-order valence-electron chi connectivity index (χ1n) is 33.9. The number of halogens is 9. The number of rotatable bonds is 19. The van der Waals surface area contributed by atoms with E-state index in [2.05, 4.69) is 25.6 Å². The fraction of sp³-hybridized carbons (Fsp3) is 0.541. The van der Waals surface area contributed by atoms with E-state index in [4.69, 9.17) is 21.9 Å². The van der Waals surface area contributed by atoms with Gasteiger partial charge in [-0.15, -0.1) is 0 Å². The molecule has 1 saturated heterocycles. The number of ether oxygens (including phenoxy) is 1. The number of unbranched alkanes of at least 4 members (excludes halogenated alkanes) is 1. The Morgan fingerprint density at radius 2 is 0.825 bits per heavy atom. The molecule has 3 aromatic heterocycles. The Morgan fingerprint density at radius 1 is 0.485 bits per heavy atom. The van der Waals surface area contributed by atoms with Crippen molar-refractivity contribution in [3.8, 4) is 33.8 Å². The Morgan fingerprint density at radius 3 is 1.14 bits per heavy atom. The summed E-state index contributed by atoms with van der Waals surface area (Å²) in [5, 5.41) is 26.7. The second-order valence-electron chi connectivity index (χ2n) is 25.1. The maximum absolute atomic E-state index is 13.4. The van der Waals surface area contributed by atoms with Crippen LogP contribution >= 0.6 is 0 Å². The number of epoxide rings is 1. The summed E-state index contributed by atoms with van der Waals surface area (Å²) < 4.78 is 123. The molecule has 3 aromatic carbocycles. The number of nitrogens with zero attached hydrogens (tertiary/aromatic N) is 3. The largest absolute Gasteiger partial charge is 0.433 e. The van der Waals surface area contributed by atoms with Gasteiger partial charge in [-0.25, -0.2) is 15.0 Å². The average molecular weight is 1450 g/mol. The van der Waals surface area contributed by atoms with Crippen LogP contribution in [0, 0.1) is 32.6 Å². The minimum atomic E-state index is -4.58. The number of benzene rings is 3. The van der Waals surface area contributed by atoms with E-state index in [1.807, 2.05) is 45.0 Å². The molecule has 3 atom stereocenters. The van der Waals surface area contributed by atoms with E-state index in [0.29, 0.717) is 66.7 Å². The number of alkyl halides is 9. The third kappa shape index (κ3) is 33.3. The molecule has 1 aliphatic heterocycles. The zero-order chi connectivity index (χ0) is 69.2. The van der Waals surface area contributed by atoms with Gasteiger partial charge in [0.25, 0.3) is 0 Å². The van der Waals surface area contributed by atoms with Crippen molar-refractivity contribution in [3.05, 3.63) is 160 Å². The number of aliphatic hydroxyl groups is 2. The minimum Gasteiger partial charge on any atom is -0.387 e. The summed E-state index contributed by atoms with van der Waals surface area (Å²) >= 11 is 0. The van der Waals surface area contributed by atoms with E-state index in [1.54, 1.807) is 60.7 Å². The Bertz CT molecular complexity index is 3080. The average Bonchev–Trinajstić information content (AvgIpc) is 1.73. The van der Waals surface area contributed by atoms with Gasteiger partial charge in [-0.1, -0.05) is 205 Å². The first kappa shape index (κ1) is 86.1. The SMILES string of the molecule is C1CCCC1.C1CCCC1.Cc1ccc(-c2cc(C(O)CNCCCCC3CCCC3)cc(C(F)(F)F)n2)cc1.Cc1ccc(-c2cc(C(O)CNCCN)cc(C(F)(F)F)n2)cc1.Cc1ccc(-c2cc(C3CO3)cc(C(F)(F)F)n2)cc1.NCCN.O=CC1CCCC1.[Fe].[Fe]. The number of pyridine rings is 3. The number of hydrogen-bond acceptors (Lipinski definition) is 12. The van der Waals surface area contributed by atoms with Crippen LogP contribution in [-0.2, 0) is 62.2 Å². The van der Waals surface area contributed by atoms with Gasteiger partial charge in [0.2, 0.25) is 0 Å².